The summed E-state index contributed by atoms with van der Waals surface area (Å²) >= 11 is 0. The lowest BCUT2D eigenvalue weighted by molar-refractivity contribution is -0.146. The average Bonchev–Trinajstić information content (AvgIpc) is 2.83. The first-order valence-electron chi connectivity index (χ1n) is 6.40. The van der Waals surface area contributed by atoms with Crippen LogP contribution in [0, 0.1) is 0 Å². The number of aromatic nitrogens is 3. The highest BCUT2D eigenvalue weighted by Crippen LogP contribution is 2.31. The Balaban J connectivity index is 2.22. The first-order chi connectivity index (χ1) is 9.82. The molecule has 1 N–H and O–H groups in total. The van der Waals surface area contributed by atoms with Crippen LogP contribution in [0.25, 0.3) is 0 Å². The zero-order chi connectivity index (χ0) is 15.6. The zero-order valence-corrected chi connectivity index (χ0v) is 11.3. The van der Waals surface area contributed by atoms with Crippen LogP contribution in [0.5, 0.6) is 0 Å². The molecule has 1 aliphatic rings. The molecule has 1 fully saturated rings. The van der Waals surface area contributed by atoms with Gasteiger partial charge in [-0.05, 0) is 6.54 Å². The molecule has 0 spiro atoms. The number of hydrogen-bond acceptors (Lipinski definition) is 5. The standard InChI is InChI=1S/C11H15F3N4O3/c1-2-17-3-4-21-7(5-17)6-18-9(11(12,13)14)8(10(19)20)15-16-18/h7H,2-6H2,1H3,(H,19,20). The van der Waals surface area contributed by atoms with Crippen molar-refractivity contribution in [2.45, 2.75) is 25.7 Å². The second-order valence-electron chi connectivity index (χ2n) is 4.66. The SMILES string of the molecule is CCN1CCOC(Cn2nnc(C(=O)O)c2C(F)(F)F)C1. The number of carboxylic acids is 1. The molecule has 1 atom stereocenters. The molecule has 0 saturated carbocycles. The van der Waals surface area contributed by atoms with Gasteiger partial charge in [0.05, 0.1) is 19.3 Å². The van der Waals surface area contributed by atoms with Gasteiger partial charge in [0.2, 0.25) is 5.69 Å². The van der Waals surface area contributed by atoms with Crippen molar-refractivity contribution < 1.29 is 27.8 Å². The number of likely N-dealkylation sites (N-methyl/N-ethyl adjacent to an activating group) is 1. The number of halogens is 3. The average molecular weight is 308 g/mol. The van der Waals surface area contributed by atoms with Crippen molar-refractivity contribution in [2.24, 2.45) is 0 Å². The van der Waals surface area contributed by atoms with E-state index in [4.69, 9.17) is 9.84 Å². The summed E-state index contributed by atoms with van der Waals surface area (Å²) in [7, 11) is 0. The second-order valence-corrected chi connectivity index (χ2v) is 4.66. The number of alkyl halides is 3. The molecule has 1 unspecified atom stereocenters. The summed E-state index contributed by atoms with van der Waals surface area (Å²) in [5.74, 6) is -1.76. The lowest BCUT2D eigenvalue weighted by Crippen LogP contribution is -2.44. The molecule has 0 radical (unpaired) electrons. The van der Waals surface area contributed by atoms with Gasteiger partial charge in [-0.1, -0.05) is 12.1 Å². The van der Waals surface area contributed by atoms with Gasteiger partial charge < -0.3 is 9.84 Å². The Bertz CT molecular complexity index is 517. The summed E-state index contributed by atoms with van der Waals surface area (Å²) in [6, 6.07) is 0. The number of nitrogens with zero attached hydrogens (tertiary/aromatic N) is 4. The second kappa shape index (κ2) is 5.98. The lowest BCUT2D eigenvalue weighted by Gasteiger charge is -2.32. The molecule has 1 saturated heterocycles. The number of carbonyl (C=O) groups is 1. The minimum absolute atomic E-state index is 0.189. The maximum absolute atomic E-state index is 13.0. The van der Waals surface area contributed by atoms with Gasteiger partial charge in [-0.2, -0.15) is 13.2 Å². The van der Waals surface area contributed by atoms with E-state index in [-0.39, 0.29) is 6.54 Å². The maximum Gasteiger partial charge on any atom is 0.435 e. The molecule has 0 aromatic carbocycles. The quantitative estimate of drug-likeness (QED) is 0.882. The van der Waals surface area contributed by atoms with Crippen molar-refractivity contribution in [3.63, 3.8) is 0 Å². The normalized spacial score (nSPS) is 20.7. The van der Waals surface area contributed by atoms with Crippen LogP contribution in [0.1, 0.15) is 23.1 Å². The predicted octanol–water partition coefficient (Wildman–Crippen LogP) is 0.716. The van der Waals surface area contributed by atoms with Crippen LogP contribution in [0.4, 0.5) is 13.2 Å². The van der Waals surface area contributed by atoms with E-state index in [9.17, 15) is 18.0 Å². The molecule has 7 nitrogen and oxygen atoms in total. The highest BCUT2D eigenvalue weighted by molar-refractivity contribution is 5.86. The number of morpholine rings is 1. The van der Waals surface area contributed by atoms with E-state index in [1.807, 2.05) is 11.8 Å². The number of rotatable bonds is 4. The molecule has 10 heteroatoms. The molecular weight excluding hydrogens is 293 g/mol. The fourth-order valence-electron chi connectivity index (χ4n) is 2.24. The van der Waals surface area contributed by atoms with Crippen LogP contribution < -0.4 is 0 Å². The van der Waals surface area contributed by atoms with Crippen molar-refractivity contribution in [2.75, 3.05) is 26.2 Å². The van der Waals surface area contributed by atoms with Crippen LogP contribution in [0.2, 0.25) is 0 Å². The Morgan fingerprint density at radius 3 is 2.81 bits per heavy atom. The lowest BCUT2D eigenvalue weighted by atomic mass is 10.2. The molecule has 118 valence electrons. The molecule has 1 aromatic rings. The molecular formula is C11H15F3N4O3. The zero-order valence-electron chi connectivity index (χ0n) is 11.3. The molecule has 1 aromatic heterocycles. The van der Waals surface area contributed by atoms with Gasteiger partial charge in [0.15, 0.2) is 5.69 Å². The molecule has 0 amide bonds. The van der Waals surface area contributed by atoms with Gasteiger partial charge >= 0.3 is 12.1 Å². The van der Waals surface area contributed by atoms with E-state index in [1.54, 1.807) is 0 Å². The van der Waals surface area contributed by atoms with Crippen LogP contribution in [-0.2, 0) is 17.5 Å². The summed E-state index contributed by atoms with van der Waals surface area (Å²) < 4.78 is 44.9. The highest BCUT2D eigenvalue weighted by Gasteiger charge is 2.42. The van der Waals surface area contributed by atoms with E-state index in [0.29, 0.717) is 17.8 Å². The Kier molecular flexibility index (Phi) is 4.47. The van der Waals surface area contributed by atoms with E-state index in [0.717, 1.165) is 13.1 Å². The van der Waals surface area contributed by atoms with Gasteiger partial charge in [-0.15, -0.1) is 5.10 Å². The Morgan fingerprint density at radius 1 is 1.52 bits per heavy atom. The van der Waals surface area contributed by atoms with Gasteiger partial charge in [0, 0.05) is 13.1 Å². The van der Waals surface area contributed by atoms with Crippen molar-refractivity contribution >= 4 is 5.97 Å². The fourth-order valence-corrected chi connectivity index (χ4v) is 2.24. The molecule has 1 aliphatic heterocycles. The maximum atomic E-state index is 13.0. The van der Waals surface area contributed by atoms with Crippen molar-refractivity contribution in [1.82, 2.24) is 19.9 Å². The molecule has 2 heterocycles. The predicted molar refractivity (Wildman–Crippen MR) is 63.8 cm³/mol. The van der Waals surface area contributed by atoms with Crippen LogP contribution in [0.3, 0.4) is 0 Å². The van der Waals surface area contributed by atoms with E-state index in [1.165, 1.54) is 0 Å². The summed E-state index contributed by atoms with van der Waals surface area (Å²) in [5, 5.41) is 15.2. The monoisotopic (exact) mass is 308 g/mol. The molecule has 0 bridgehead atoms. The smallest absolute Gasteiger partial charge is 0.435 e. The summed E-state index contributed by atoms with van der Waals surface area (Å²) in [5.41, 5.74) is -2.45. The number of aromatic carboxylic acids is 1. The van der Waals surface area contributed by atoms with Gasteiger partial charge in [0.1, 0.15) is 0 Å². The summed E-state index contributed by atoms with van der Waals surface area (Å²) in [6.07, 6.45) is -5.32. The topological polar surface area (TPSA) is 80.5 Å². The molecule has 0 aliphatic carbocycles. The number of carboxylic acid groups (broad SMARTS) is 1. The first-order valence-corrected chi connectivity index (χ1v) is 6.40. The van der Waals surface area contributed by atoms with Gasteiger partial charge in [-0.3, -0.25) is 4.90 Å². The molecule has 21 heavy (non-hydrogen) atoms. The third-order valence-corrected chi connectivity index (χ3v) is 3.25. The fraction of sp³-hybridized carbons (Fsp3) is 0.727. The largest absolute Gasteiger partial charge is 0.476 e. The number of ether oxygens (including phenoxy) is 1. The van der Waals surface area contributed by atoms with E-state index >= 15 is 0 Å². The Labute approximate surface area is 118 Å². The third-order valence-electron chi connectivity index (χ3n) is 3.25. The first kappa shape index (κ1) is 15.7. The highest BCUT2D eigenvalue weighted by atomic mass is 19.4. The number of hydrogen-bond donors (Lipinski definition) is 1. The Hall–Kier alpha value is -1.68. The summed E-state index contributed by atoms with van der Waals surface area (Å²) in [6.45, 7) is 4.13. The van der Waals surface area contributed by atoms with Crippen molar-refractivity contribution in [3.8, 4) is 0 Å². The minimum Gasteiger partial charge on any atom is -0.476 e. The third kappa shape index (κ3) is 3.50. The van der Waals surface area contributed by atoms with Gasteiger partial charge in [-0.25, -0.2) is 9.48 Å². The van der Waals surface area contributed by atoms with Gasteiger partial charge in [0.25, 0.3) is 0 Å². The molecule has 2 rings (SSSR count). The van der Waals surface area contributed by atoms with Crippen LogP contribution >= 0.6 is 0 Å². The van der Waals surface area contributed by atoms with Crippen LogP contribution in [0.15, 0.2) is 0 Å². The van der Waals surface area contributed by atoms with Crippen molar-refractivity contribution in [3.05, 3.63) is 11.4 Å². The Morgan fingerprint density at radius 2 is 2.24 bits per heavy atom. The minimum atomic E-state index is -4.84. The van der Waals surface area contributed by atoms with Crippen LogP contribution in [-0.4, -0.2) is 63.3 Å². The summed E-state index contributed by atoms with van der Waals surface area (Å²) in [4.78, 5) is 12.9. The van der Waals surface area contributed by atoms with E-state index in [2.05, 4.69) is 10.3 Å². The van der Waals surface area contributed by atoms with E-state index < -0.39 is 29.6 Å². The van der Waals surface area contributed by atoms with Crippen molar-refractivity contribution in [1.29, 1.82) is 0 Å².